The second-order valence-electron chi connectivity index (χ2n) is 6.89. The standard InChI is InChI=1S/C21H21N3O7/c1-13-6-7-15-16(10-13)20(28)24(19(15)27)8-2-5-18(26)31-12-17(25)23-21(29)22-11-14-4-3-9-30-14/h3-4,6-7,9-10H,2,5,8,11-12H2,1H3,(H2,22,23,25,29). The summed E-state index contributed by atoms with van der Waals surface area (Å²) in [7, 11) is 0. The first kappa shape index (κ1) is 21.8. The summed E-state index contributed by atoms with van der Waals surface area (Å²) in [6.07, 6.45) is 1.55. The van der Waals surface area contributed by atoms with Gasteiger partial charge in [0.2, 0.25) is 0 Å². The van der Waals surface area contributed by atoms with E-state index in [9.17, 15) is 24.0 Å². The Hall–Kier alpha value is -3.95. The Morgan fingerprint density at radius 3 is 2.61 bits per heavy atom. The number of fused-ring (bicyclic) bond motifs is 1. The van der Waals surface area contributed by atoms with Gasteiger partial charge in [0.05, 0.1) is 23.9 Å². The van der Waals surface area contributed by atoms with Crippen molar-refractivity contribution in [3.63, 3.8) is 0 Å². The van der Waals surface area contributed by atoms with Gasteiger partial charge in [-0.3, -0.25) is 29.4 Å². The van der Waals surface area contributed by atoms with Gasteiger partial charge in [-0.25, -0.2) is 4.79 Å². The zero-order valence-corrected chi connectivity index (χ0v) is 16.8. The molecule has 2 aromatic rings. The maximum Gasteiger partial charge on any atom is 0.321 e. The van der Waals surface area contributed by atoms with E-state index in [-0.39, 0.29) is 25.9 Å². The third-order valence-electron chi connectivity index (χ3n) is 4.51. The first-order valence-electron chi connectivity index (χ1n) is 9.57. The van der Waals surface area contributed by atoms with Crippen molar-refractivity contribution in [2.75, 3.05) is 13.2 Å². The summed E-state index contributed by atoms with van der Waals surface area (Å²) in [5.41, 5.74) is 1.58. The number of ether oxygens (including phenoxy) is 1. The van der Waals surface area contributed by atoms with Crippen molar-refractivity contribution < 1.29 is 33.1 Å². The number of benzene rings is 1. The highest BCUT2D eigenvalue weighted by Gasteiger charge is 2.35. The minimum absolute atomic E-state index is 0.0574. The lowest BCUT2D eigenvalue weighted by atomic mass is 10.1. The van der Waals surface area contributed by atoms with Crippen molar-refractivity contribution in [2.45, 2.75) is 26.3 Å². The van der Waals surface area contributed by atoms with Crippen LogP contribution in [0.3, 0.4) is 0 Å². The van der Waals surface area contributed by atoms with Crippen molar-refractivity contribution in [3.8, 4) is 0 Å². The molecule has 0 bridgehead atoms. The molecule has 0 radical (unpaired) electrons. The SMILES string of the molecule is Cc1ccc2c(c1)C(=O)N(CCCC(=O)OCC(=O)NC(=O)NCc1ccco1)C2=O. The maximum absolute atomic E-state index is 12.4. The zero-order valence-electron chi connectivity index (χ0n) is 16.8. The van der Waals surface area contributed by atoms with Crippen LogP contribution in [0.25, 0.3) is 0 Å². The van der Waals surface area contributed by atoms with E-state index in [4.69, 9.17) is 9.15 Å². The van der Waals surface area contributed by atoms with E-state index in [0.29, 0.717) is 16.9 Å². The molecule has 0 unspecified atom stereocenters. The van der Waals surface area contributed by atoms with Gasteiger partial charge in [0, 0.05) is 13.0 Å². The van der Waals surface area contributed by atoms with Gasteiger partial charge in [-0.15, -0.1) is 0 Å². The van der Waals surface area contributed by atoms with Gasteiger partial charge in [-0.2, -0.15) is 0 Å². The number of aryl methyl sites for hydroxylation is 1. The number of carbonyl (C=O) groups excluding carboxylic acids is 5. The summed E-state index contributed by atoms with van der Waals surface area (Å²) in [6, 6.07) is 7.60. The van der Waals surface area contributed by atoms with Gasteiger partial charge in [-0.05, 0) is 37.6 Å². The molecule has 0 spiro atoms. The fraction of sp³-hybridized carbons (Fsp3) is 0.286. The molecule has 1 aromatic carbocycles. The largest absolute Gasteiger partial charge is 0.467 e. The first-order chi connectivity index (χ1) is 14.8. The van der Waals surface area contributed by atoms with Crippen LogP contribution in [0.1, 0.15) is 44.9 Å². The quantitative estimate of drug-likeness (QED) is 0.482. The summed E-state index contributed by atoms with van der Waals surface area (Å²) < 4.78 is 9.85. The number of esters is 1. The monoisotopic (exact) mass is 427 g/mol. The molecule has 31 heavy (non-hydrogen) atoms. The predicted molar refractivity (Wildman–Crippen MR) is 106 cm³/mol. The number of hydrogen-bond donors (Lipinski definition) is 2. The second kappa shape index (κ2) is 9.70. The molecule has 1 aliphatic heterocycles. The molecule has 2 heterocycles. The van der Waals surface area contributed by atoms with Crippen LogP contribution in [0.2, 0.25) is 0 Å². The number of nitrogens with one attached hydrogen (secondary N) is 2. The molecule has 0 saturated carbocycles. The average molecular weight is 427 g/mol. The Balaban J connectivity index is 1.34. The van der Waals surface area contributed by atoms with E-state index in [2.05, 4.69) is 5.32 Å². The van der Waals surface area contributed by atoms with Crippen LogP contribution in [0.15, 0.2) is 41.0 Å². The van der Waals surface area contributed by atoms with Gasteiger partial charge in [0.1, 0.15) is 5.76 Å². The van der Waals surface area contributed by atoms with E-state index < -0.39 is 36.3 Å². The van der Waals surface area contributed by atoms with Crippen molar-refractivity contribution in [3.05, 3.63) is 59.0 Å². The van der Waals surface area contributed by atoms with Crippen LogP contribution in [0.5, 0.6) is 0 Å². The minimum Gasteiger partial charge on any atom is -0.467 e. The molecule has 0 atom stereocenters. The van der Waals surface area contributed by atoms with E-state index in [1.165, 1.54) is 6.26 Å². The molecule has 10 nitrogen and oxygen atoms in total. The van der Waals surface area contributed by atoms with Gasteiger partial charge < -0.3 is 14.5 Å². The fourth-order valence-corrected chi connectivity index (χ4v) is 2.99. The van der Waals surface area contributed by atoms with Crippen LogP contribution < -0.4 is 10.6 Å². The summed E-state index contributed by atoms with van der Waals surface area (Å²) >= 11 is 0. The van der Waals surface area contributed by atoms with E-state index in [0.717, 1.165) is 10.5 Å². The lowest BCUT2D eigenvalue weighted by molar-refractivity contribution is -0.148. The third-order valence-corrected chi connectivity index (χ3v) is 4.51. The number of furan rings is 1. The van der Waals surface area contributed by atoms with Crippen LogP contribution in [-0.2, 0) is 20.9 Å². The molecule has 0 fully saturated rings. The lowest BCUT2D eigenvalue weighted by Gasteiger charge is -2.13. The smallest absolute Gasteiger partial charge is 0.321 e. The fourth-order valence-electron chi connectivity index (χ4n) is 2.99. The normalized spacial score (nSPS) is 12.5. The predicted octanol–water partition coefficient (Wildman–Crippen LogP) is 1.53. The van der Waals surface area contributed by atoms with Gasteiger partial charge in [0.25, 0.3) is 17.7 Å². The number of rotatable bonds is 8. The number of nitrogens with zero attached hydrogens (tertiary/aromatic N) is 1. The Labute approximate surface area is 177 Å². The van der Waals surface area contributed by atoms with Crippen molar-refractivity contribution in [1.29, 1.82) is 0 Å². The highest BCUT2D eigenvalue weighted by Crippen LogP contribution is 2.24. The van der Waals surface area contributed by atoms with E-state index in [1.807, 2.05) is 12.2 Å². The molecule has 2 N–H and O–H groups in total. The highest BCUT2D eigenvalue weighted by molar-refractivity contribution is 6.21. The topological polar surface area (TPSA) is 135 Å². The number of amides is 5. The Kier molecular flexibility index (Phi) is 6.81. The van der Waals surface area contributed by atoms with Crippen molar-refractivity contribution >= 4 is 29.7 Å². The van der Waals surface area contributed by atoms with Crippen LogP contribution in [0.4, 0.5) is 4.79 Å². The van der Waals surface area contributed by atoms with Gasteiger partial charge in [0.15, 0.2) is 6.61 Å². The average Bonchev–Trinajstić information content (AvgIpc) is 3.33. The summed E-state index contributed by atoms with van der Waals surface area (Å²) in [5, 5.41) is 4.43. The molecule has 5 amide bonds. The molecule has 0 aliphatic carbocycles. The van der Waals surface area contributed by atoms with Crippen LogP contribution in [-0.4, -0.2) is 47.8 Å². The molecule has 10 heteroatoms. The molecule has 1 aromatic heterocycles. The highest BCUT2D eigenvalue weighted by atomic mass is 16.5. The third kappa shape index (κ3) is 5.56. The van der Waals surface area contributed by atoms with Gasteiger partial charge >= 0.3 is 12.0 Å². The molecular formula is C21H21N3O7. The van der Waals surface area contributed by atoms with Crippen LogP contribution >= 0.6 is 0 Å². The molecule has 1 aliphatic rings. The van der Waals surface area contributed by atoms with Crippen LogP contribution in [0, 0.1) is 6.92 Å². The molecule has 162 valence electrons. The Bertz CT molecular complexity index is 1010. The molecule has 3 rings (SSSR count). The summed E-state index contributed by atoms with van der Waals surface area (Å²) in [6.45, 7) is 1.36. The molecule has 0 saturated heterocycles. The number of hydrogen-bond acceptors (Lipinski definition) is 7. The van der Waals surface area contributed by atoms with Crippen molar-refractivity contribution in [1.82, 2.24) is 15.5 Å². The minimum atomic E-state index is -0.791. The summed E-state index contributed by atoms with van der Waals surface area (Å²) in [5.74, 6) is -1.74. The summed E-state index contributed by atoms with van der Waals surface area (Å²) in [4.78, 5) is 60.9. The first-order valence-corrected chi connectivity index (χ1v) is 9.57. The number of imide groups is 2. The number of carbonyl (C=O) groups is 5. The van der Waals surface area contributed by atoms with E-state index >= 15 is 0 Å². The Morgan fingerprint density at radius 2 is 1.87 bits per heavy atom. The van der Waals surface area contributed by atoms with Gasteiger partial charge in [-0.1, -0.05) is 11.6 Å². The Morgan fingerprint density at radius 1 is 1.10 bits per heavy atom. The zero-order chi connectivity index (χ0) is 22.4. The second-order valence-corrected chi connectivity index (χ2v) is 6.89. The van der Waals surface area contributed by atoms with E-state index in [1.54, 1.807) is 30.3 Å². The lowest BCUT2D eigenvalue weighted by Crippen LogP contribution is -2.41. The van der Waals surface area contributed by atoms with Crippen molar-refractivity contribution in [2.24, 2.45) is 0 Å². The molecular weight excluding hydrogens is 406 g/mol. The number of urea groups is 1. The maximum atomic E-state index is 12.4.